The predicted molar refractivity (Wildman–Crippen MR) is 105 cm³/mol. The summed E-state index contributed by atoms with van der Waals surface area (Å²) < 4.78 is 0. The van der Waals surface area contributed by atoms with Crippen LogP contribution in [-0.4, -0.2) is 29.8 Å². The topological polar surface area (TPSA) is 49.4 Å². The number of hydrogen-bond acceptors (Lipinski definition) is 2. The Morgan fingerprint density at radius 1 is 1.12 bits per heavy atom. The lowest BCUT2D eigenvalue weighted by atomic mass is 10.0. The molecule has 138 valence electrons. The number of benzene rings is 2. The summed E-state index contributed by atoms with van der Waals surface area (Å²) in [7, 11) is 1.57. The lowest BCUT2D eigenvalue weighted by Crippen LogP contribution is -2.47. The van der Waals surface area contributed by atoms with Crippen LogP contribution in [0.2, 0.25) is 5.02 Å². The summed E-state index contributed by atoms with van der Waals surface area (Å²) in [5.74, 6) is -0.305. The standard InChI is InChI=1S/C21H25ClN2O2/c1-14-9-10-15(2)18(11-14)12-20(25)24(16(3)21(26)23-4)13-17-7-5-6-8-19(17)22/h5-11,16H,12-13H2,1-4H3,(H,23,26)/t16-/m1/s1. The first kappa shape index (κ1) is 20.0. The van der Waals surface area contributed by atoms with Crippen LogP contribution < -0.4 is 5.32 Å². The normalized spacial score (nSPS) is 11.7. The van der Waals surface area contributed by atoms with Gasteiger partial charge in [-0.15, -0.1) is 0 Å². The minimum absolute atomic E-state index is 0.102. The first-order valence-corrected chi connectivity index (χ1v) is 9.02. The van der Waals surface area contributed by atoms with Crippen LogP contribution in [0, 0.1) is 13.8 Å². The quantitative estimate of drug-likeness (QED) is 0.841. The zero-order chi connectivity index (χ0) is 19.3. The molecule has 0 bridgehead atoms. The Hall–Kier alpha value is -2.33. The third kappa shape index (κ3) is 4.85. The molecule has 2 aromatic carbocycles. The number of amides is 2. The summed E-state index contributed by atoms with van der Waals surface area (Å²) in [5.41, 5.74) is 3.96. The van der Waals surface area contributed by atoms with Crippen molar-refractivity contribution in [3.8, 4) is 0 Å². The number of rotatable bonds is 6. The fourth-order valence-corrected chi connectivity index (χ4v) is 3.05. The number of halogens is 1. The monoisotopic (exact) mass is 372 g/mol. The summed E-state index contributed by atoms with van der Waals surface area (Å²) in [4.78, 5) is 26.8. The number of carbonyl (C=O) groups excluding carboxylic acids is 2. The van der Waals surface area contributed by atoms with Gasteiger partial charge in [0.05, 0.1) is 6.42 Å². The maximum absolute atomic E-state index is 13.1. The molecule has 0 aliphatic carbocycles. The van der Waals surface area contributed by atoms with Crippen LogP contribution in [0.25, 0.3) is 0 Å². The van der Waals surface area contributed by atoms with Crippen LogP contribution in [0.4, 0.5) is 0 Å². The maximum atomic E-state index is 13.1. The fraction of sp³-hybridized carbons (Fsp3) is 0.333. The summed E-state index contributed by atoms with van der Waals surface area (Å²) in [6.07, 6.45) is 0.249. The van der Waals surface area contributed by atoms with Gasteiger partial charge in [0, 0.05) is 18.6 Å². The first-order valence-electron chi connectivity index (χ1n) is 8.64. The fourth-order valence-electron chi connectivity index (χ4n) is 2.86. The van der Waals surface area contributed by atoms with Gasteiger partial charge in [-0.25, -0.2) is 0 Å². The third-order valence-corrected chi connectivity index (χ3v) is 4.93. The van der Waals surface area contributed by atoms with Crippen molar-refractivity contribution in [3.63, 3.8) is 0 Å². The molecule has 0 unspecified atom stereocenters. The van der Waals surface area contributed by atoms with Gasteiger partial charge in [0.25, 0.3) is 0 Å². The Labute approximate surface area is 160 Å². The van der Waals surface area contributed by atoms with E-state index in [2.05, 4.69) is 5.32 Å². The molecule has 0 spiro atoms. The molecule has 4 nitrogen and oxygen atoms in total. The van der Waals surface area contributed by atoms with E-state index in [9.17, 15) is 9.59 Å². The van der Waals surface area contributed by atoms with E-state index in [-0.39, 0.29) is 24.8 Å². The van der Waals surface area contributed by atoms with E-state index < -0.39 is 6.04 Å². The first-order chi connectivity index (χ1) is 12.3. The van der Waals surface area contributed by atoms with E-state index in [1.807, 2.05) is 50.2 Å². The lowest BCUT2D eigenvalue weighted by Gasteiger charge is -2.29. The number of likely N-dealkylation sites (N-methyl/N-ethyl adjacent to an activating group) is 1. The predicted octanol–water partition coefficient (Wildman–Crippen LogP) is 3.66. The van der Waals surface area contributed by atoms with Crippen molar-refractivity contribution in [2.45, 2.75) is 39.8 Å². The number of carbonyl (C=O) groups is 2. The molecule has 2 aromatic rings. The molecule has 0 heterocycles. The van der Waals surface area contributed by atoms with Gasteiger partial charge < -0.3 is 10.2 Å². The van der Waals surface area contributed by atoms with Crippen LogP contribution >= 0.6 is 11.6 Å². The second-order valence-electron chi connectivity index (χ2n) is 6.51. The highest BCUT2D eigenvalue weighted by Crippen LogP contribution is 2.20. The van der Waals surface area contributed by atoms with Crippen molar-refractivity contribution >= 4 is 23.4 Å². The Kier molecular flexibility index (Phi) is 6.81. The van der Waals surface area contributed by atoms with E-state index in [0.717, 1.165) is 22.3 Å². The van der Waals surface area contributed by atoms with E-state index in [0.29, 0.717) is 5.02 Å². The Morgan fingerprint density at radius 3 is 2.46 bits per heavy atom. The molecule has 2 rings (SSSR count). The van der Waals surface area contributed by atoms with Crippen molar-refractivity contribution in [3.05, 3.63) is 69.7 Å². The van der Waals surface area contributed by atoms with E-state index >= 15 is 0 Å². The Balaban J connectivity index is 2.30. The van der Waals surface area contributed by atoms with Crippen LogP contribution in [0.1, 0.15) is 29.2 Å². The van der Waals surface area contributed by atoms with Crippen LogP contribution in [-0.2, 0) is 22.6 Å². The van der Waals surface area contributed by atoms with Crippen molar-refractivity contribution < 1.29 is 9.59 Å². The summed E-state index contributed by atoms with van der Waals surface area (Å²) >= 11 is 6.26. The molecule has 0 fully saturated rings. The molecular weight excluding hydrogens is 348 g/mol. The second kappa shape index (κ2) is 8.86. The Bertz CT molecular complexity index is 804. The van der Waals surface area contributed by atoms with Gasteiger partial charge in [-0.2, -0.15) is 0 Å². The molecule has 0 saturated carbocycles. The molecular formula is C21H25ClN2O2. The van der Waals surface area contributed by atoms with Crippen LogP contribution in [0.3, 0.4) is 0 Å². The third-order valence-electron chi connectivity index (χ3n) is 4.56. The molecule has 0 saturated heterocycles. The van der Waals surface area contributed by atoms with Gasteiger partial charge in [-0.05, 0) is 43.5 Å². The number of nitrogens with one attached hydrogen (secondary N) is 1. The van der Waals surface area contributed by atoms with Gasteiger partial charge in [0.15, 0.2) is 0 Å². The number of nitrogens with zero attached hydrogens (tertiary/aromatic N) is 1. The molecule has 1 N–H and O–H groups in total. The summed E-state index contributed by atoms with van der Waals surface area (Å²) in [6.45, 7) is 6.01. The molecule has 1 atom stereocenters. The van der Waals surface area contributed by atoms with Crippen molar-refractivity contribution in [2.75, 3.05) is 7.05 Å². The van der Waals surface area contributed by atoms with Crippen LogP contribution in [0.5, 0.6) is 0 Å². The minimum Gasteiger partial charge on any atom is -0.357 e. The average molecular weight is 373 g/mol. The molecule has 0 aromatic heterocycles. The van der Waals surface area contributed by atoms with E-state index in [1.54, 1.807) is 24.9 Å². The van der Waals surface area contributed by atoms with Gasteiger partial charge in [-0.3, -0.25) is 9.59 Å². The number of hydrogen-bond donors (Lipinski definition) is 1. The minimum atomic E-state index is -0.589. The molecule has 0 aliphatic rings. The zero-order valence-electron chi connectivity index (χ0n) is 15.7. The maximum Gasteiger partial charge on any atom is 0.242 e. The van der Waals surface area contributed by atoms with Gasteiger partial charge in [0.2, 0.25) is 11.8 Å². The molecule has 0 radical (unpaired) electrons. The van der Waals surface area contributed by atoms with E-state index in [1.165, 1.54) is 0 Å². The van der Waals surface area contributed by atoms with Crippen molar-refractivity contribution in [2.24, 2.45) is 0 Å². The van der Waals surface area contributed by atoms with Crippen molar-refractivity contribution in [1.82, 2.24) is 10.2 Å². The highest BCUT2D eigenvalue weighted by Gasteiger charge is 2.26. The SMILES string of the molecule is CNC(=O)[C@@H](C)N(Cc1ccccc1Cl)C(=O)Cc1cc(C)ccc1C. The summed E-state index contributed by atoms with van der Waals surface area (Å²) in [5, 5.41) is 3.20. The van der Waals surface area contributed by atoms with Crippen LogP contribution in [0.15, 0.2) is 42.5 Å². The zero-order valence-corrected chi connectivity index (χ0v) is 16.4. The highest BCUT2D eigenvalue weighted by atomic mass is 35.5. The van der Waals surface area contributed by atoms with Crippen molar-refractivity contribution in [1.29, 1.82) is 0 Å². The average Bonchev–Trinajstić information content (AvgIpc) is 2.62. The highest BCUT2D eigenvalue weighted by molar-refractivity contribution is 6.31. The smallest absolute Gasteiger partial charge is 0.242 e. The van der Waals surface area contributed by atoms with Gasteiger partial charge in [0.1, 0.15) is 6.04 Å². The lowest BCUT2D eigenvalue weighted by molar-refractivity contribution is -0.139. The van der Waals surface area contributed by atoms with Gasteiger partial charge >= 0.3 is 0 Å². The number of aryl methyl sites for hydroxylation is 2. The second-order valence-corrected chi connectivity index (χ2v) is 6.92. The molecule has 5 heteroatoms. The Morgan fingerprint density at radius 2 is 1.81 bits per heavy atom. The molecule has 0 aliphatic heterocycles. The largest absolute Gasteiger partial charge is 0.357 e. The van der Waals surface area contributed by atoms with Gasteiger partial charge in [-0.1, -0.05) is 53.6 Å². The van der Waals surface area contributed by atoms with E-state index in [4.69, 9.17) is 11.6 Å². The molecule has 2 amide bonds. The summed E-state index contributed by atoms with van der Waals surface area (Å²) in [6, 6.07) is 12.8. The molecule has 26 heavy (non-hydrogen) atoms.